The van der Waals surface area contributed by atoms with Crippen LogP contribution in [-0.4, -0.2) is 36.5 Å². The van der Waals surface area contributed by atoms with Gasteiger partial charge in [0, 0.05) is 43.6 Å². The quantitative estimate of drug-likeness (QED) is 0.635. The van der Waals surface area contributed by atoms with Gasteiger partial charge in [0.1, 0.15) is 5.60 Å². The average Bonchev–Trinajstić information content (AvgIpc) is 2.59. The van der Waals surface area contributed by atoms with Crippen LogP contribution in [0.1, 0.15) is 63.2 Å². The Balaban J connectivity index is 1.77. The van der Waals surface area contributed by atoms with Crippen LogP contribution >= 0.6 is 0 Å². The maximum absolute atomic E-state index is 13.2. The fourth-order valence-corrected chi connectivity index (χ4v) is 3.11. The van der Waals surface area contributed by atoms with Crippen molar-refractivity contribution in [3.8, 4) is 0 Å². The molecule has 7 heteroatoms. The van der Waals surface area contributed by atoms with Crippen molar-refractivity contribution in [3.05, 3.63) is 29.8 Å². The van der Waals surface area contributed by atoms with Crippen molar-refractivity contribution in [1.29, 1.82) is 0 Å². The summed E-state index contributed by atoms with van der Waals surface area (Å²) >= 11 is 0. The molecule has 1 aliphatic carbocycles. The van der Waals surface area contributed by atoms with Gasteiger partial charge in [0.05, 0.1) is 0 Å². The molecule has 0 unspecified atom stereocenters. The summed E-state index contributed by atoms with van der Waals surface area (Å²) in [5, 5.41) is 5.82. The number of alkyl carbamates (subject to hydrolysis) is 1. The molecule has 1 aromatic carbocycles. The molecule has 5 nitrogen and oxygen atoms in total. The average molecular weight is 396 g/mol. The van der Waals surface area contributed by atoms with Crippen LogP contribution in [0.2, 0.25) is 0 Å². The first-order valence-corrected chi connectivity index (χ1v) is 9.76. The summed E-state index contributed by atoms with van der Waals surface area (Å²) in [4.78, 5) is 23.9. The molecule has 0 aliphatic heterocycles. The van der Waals surface area contributed by atoms with E-state index in [9.17, 15) is 18.4 Å². The van der Waals surface area contributed by atoms with Crippen LogP contribution in [0.25, 0.3) is 0 Å². The number of ketones is 1. The minimum atomic E-state index is -2.52. The first-order chi connectivity index (χ1) is 13.0. The van der Waals surface area contributed by atoms with Crippen LogP contribution in [-0.2, 0) is 4.74 Å². The number of halogens is 2. The van der Waals surface area contributed by atoms with Crippen molar-refractivity contribution >= 4 is 17.6 Å². The first-order valence-electron chi connectivity index (χ1n) is 9.76. The Labute approximate surface area is 165 Å². The monoisotopic (exact) mass is 396 g/mol. The molecule has 1 amide bonds. The molecule has 1 aliphatic rings. The summed E-state index contributed by atoms with van der Waals surface area (Å²) in [6, 6.07) is 7.12. The Hall–Kier alpha value is -2.18. The SMILES string of the molecule is CC(C)(C)OC(=O)NCCC(=O)c1cccc(NCC2CCC(F)(F)CC2)c1. The Morgan fingerprint density at radius 3 is 2.54 bits per heavy atom. The Morgan fingerprint density at radius 2 is 1.89 bits per heavy atom. The fraction of sp³-hybridized carbons (Fsp3) is 0.619. The normalized spacial score (nSPS) is 17.0. The maximum Gasteiger partial charge on any atom is 0.407 e. The van der Waals surface area contributed by atoms with E-state index in [1.165, 1.54) is 0 Å². The third-order valence-electron chi connectivity index (χ3n) is 4.64. The third-order valence-corrected chi connectivity index (χ3v) is 4.64. The Bertz CT molecular complexity index is 676. The highest BCUT2D eigenvalue weighted by Crippen LogP contribution is 2.36. The standard InChI is InChI=1S/C21H30F2N2O3/c1-20(2,3)28-19(27)24-12-9-18(26)16-5-4-6-17(13-16)25-14-15-7-10-21(22,23)11-8-15/h4-6,13,15,25H,7-12,14H2,1-3H3,(H,24,27). The Morgan fingerprint density at radius 1 is 1.21 bits per heavy atom. The lowest BCUT2D eigenvalue weighted by atomic mass is 9.87. The molecule has 0 radical (unpaired) electrons. The van der Waals surface area contributed by atoms with Crippen LogP contribution in [0.5, 0.6) is 0 Å². The smallest absolute Gasteiger partial charge is 0.407 e. The molecule has 1 aromatic rings. The van der Waals surface area contributed by atoms with Crippen molar-refractivity contribution in [2.75, 3.05) is 18.4 Å². The van der Waals surface area contributed by atoms with Gasteiger partial charge >= 0.3 is 6.09 Å². The molecule has 28 heavy (non-hydrogen) atoms. The predicted octanol–water partition coefficient (Wildman–Crippen LogP) is 5.02. The van der Waals surface area contributed by atoms with Crippen molar-refractivity contribution in [2.45, 2.75) is 64.4 Å². The lowest BCUT2D eigenvalue weighted by molar-refractivity contribution is -0.0443. The number of hydrogen-bond donors (Lipinski definition) is 2. The van der Waals surface area contributed by atoms with Gasteiger partial charge < -0.3 is 15.4 Å². The van der Waals surface area contributed by atoms with Crippen LogP contribution < -0.4 is 10.6 Å². The second kappa shape index (κ2) is 9.34. The van der Waals surface area contributed by atoms with Crippen LogP contribution in [0.4, 0.5) is 19.3 Å². The highest BCUT2D eigenvalue weighted by Gasteiger charge is 2.34. The van der Waals surface area contributed by atoms with Gasteiger partial charge in [0.15, 0.2) is 5.78 Å². The summed E-state index contributed by atoms with van der Waals surface area (Å²) in [7, 11) is 0. The number of benzene rings is 1. The van der Waals surface area contributed by atoms with Crippen molar-refractivity contribution in [3.63, 3.8) is 0 Å². The number of carbonyl (C=O) groups excluding carboxylic acids is 2. The van der Waals surface area contributed by atoms with Gasteiger partial charge in [-0.15, -0.1) is 0 Å². The number of Topliss-reactive ketones (excluding diaryl/α,β-unsaturated/α-hetero) is 1. The molecule has 0 heterocycles. The van der Waals surface area contributed by atoms with E-state index in [4.69, 9.17) is 4.74 Å². The van der Waals surface area contributed by atoms with Crippen LogP contribution in [0.3, 0.4) is 0 Å². The van der Waals surface area contributed by atoms with E-state index in [1.54, 1.807) is 39.0 Å². The van der Waals surface area contributed by atoms with Gasteiger partial charge in [-0.3, -0.25) is 4.79 Å². The summed E-state index contributed by atoms with van der Waals surface area (Å²) in [6.07, 6.45) is 0.531. The van der Waals surface area contributed by atoms with E-state index in [0.29, 0.717) is 24.9 Å². The molecule has 2 N–H and O–H groups in total. The molecule has 0 spiro atoms. The number of anilines is 1. The van der Waals surface area contributed by atoms with Gasteiger partial charge in [-0.25, -0.2) is 13.6 Å². The number of carbonyl (C=O) groups is 2. The molecule has 1 fully saturated rings. The fourth-order valence-electron chi connectivity index (χ4n) is 3.11. The van der Waals surface area contributed by atoms with Crippen molar-refractivity contribution < 1.29 is 23.1 Å². The van der Waals surface area contributed by atoms with E-state index in [-0.39, 0.29) is 37.5 Å². The number of ether oxygens (including phenoxy) is 1. The molecular weight excluding hydrogens is 366 g/mol. The molecule has 156 valence electrons. The van der Waals surface area contributed by atoms with E-state index >= 15 is 0 Å². The summed E-state index contributed by atoms with van der Waals surface area (Å²) in [5.74, 6) is -2.38. The summed E-state index contributed by atoms with van der Waals surface area (Å²) in [6.45, 7) is 6.13. The predicted molar refractivity (Wildman–Crippen MR) is 105 cm³/mol. The third kappa shape index (κ3) is 7.82. The van der Waals surface area contributed by atoms with Gasteiger partial charge in [-0.05, 0) is 51.7 Å². The van der Waals surface area contributed by atoms with Crippen molar-refractivity contribution in [1.82, 2.24) is 5.32 Å². The van der Waals surface area contributed by atoms with Gasteiger partial charge in [-0.1, -0.05) is 12.1 Å². The largest absolute Gasteiger partial charge is 0.444 e. The zero-order chi connectivity index (χ0) is 20.8. The molecule has 2 rings (SSSR count). The second-order valence-corrected chi connectivity index (χ2v) is 8.36. The van der Waals surface area contributed by atoms with Gasteiger partial charge in [0.2, 0.25) is 5.92 Å². The number of rotatable bonds is 7. The number of amides is 1. The number of hydrogen-bond acceptors (Lipinski definition) is 4. The molecule has 0 saturated heterocycles. The summed E-state index contributed by atoms with van der Waals surface area (Å²) < 4.78 is 31.6. The van der Waals surface area contributed by atoms with Crippen molar-refractivity contribution in [2.24, 2.45) is 5.92 Å². The minimum absolute atomic E-state index is 0.0531. The maximum atomic E-state index is 13.2. The lowest BCUT2D eigenvalue weighted by Gasteiger charge is -2.28. The van der Waals surface area contributed by atoms with E-state index in [0.717, 1.165) is 5.69 Å². The molecule has 0 atom stereocenters. The number of alkyl halides is 2. The topological polar surface area (TPSA) is 67.4 Å². The lowest BCUT2D eigenvalue weighted by Crippen LogP contribution is -2.33. The number of nitrogens with one attached hydrogen (secondary N) is 2. The van der Waals surface area contributed by atoms with Crippen LogP contribution in [0, 0.1) is 5.92 Å². The highest BCUT2D eigenvalue weighted by molar-refractivity contribution is 5.97. The van der Waals surface area contributed by atoms with Crippen LogP contribution in [0.15, 0.2) is 24.3 Å². The first kappa shape index (κ1) is 22.1. The zero-order valence-electron chi connectivity index (χ0n) is 16.8. The Kier molecular flexibility index (Phi) is 7.38. The molecule has 1 saturated carbocycles. The van der Waals surface area contributed by atoms with E-state index in [1.807, 2.05) is 6.07 Å². The summed E-state index contributed by atoms with van der Waals surface area (Å²) in [5.41, 5.74) is 0.761. The highest BCUT2D eigenvalue weighted by atomic mass is 19.3. The van der Waals surface area contributed by atoms with E-state index < -0.39 is 17.6 Å². The van der Waals surface area contributed by atoms with Gasteiger partial charge in [0.25, 0.3) is 0 Å². The van der Waals surface area contributed by atoms with E-state index in [2.05, 4.69) is 10.6 Å². The molecular formula is C21H30F2N2O3. The zero-order valence-corrected chi connectivity index (χ0v) is 16.8. The molecule has 0 bridgehead atoms. The molecule has 0 aromatic heterocycles. The second-order valence-electron chi connectivity index (χ2n) is 8.36. The van der Waals surface area contributed by atoms with Gasteiger partial charge in [-0.2, -0.15) is 0 Å². The minimum Gasteiger partial charge on any atom is -0.444 e.